The van der Waals surface area contributed by atoms with E-state index in [1.165, 1.54) is 4.90 Å². The number of hydrogen-bond acceptors (Lipinski definition) is 7. The van der Waals surface area contributed by atoms with E-state index >= 15 is 0 Å². The average molecular weight is 524 g/mol. The Labute approximate surface area is 212 Å². The van der Waals surface area contributed by atoms with Crippen LogP contribution in [0, 0.1) is 0 Å². The zero-order valence-corrected chi connectivity index (χ0v) is 22.3. The Bertz CT molecular complexity index is 1080. The maximum Gasteiger partial charge on any atom is 0.332 e. The minimum atomic E-state index is -1.00. The van der Waals surface area contributed by atoms with Crippen molar-refractivity contribution in [1.82, 2.24) is 9.88 Å². The summed E-state index contributed by atoms with van der Waals surface area (Å²) in [6.45, 7) is 4.40. The summed E-state index contributed by atoms with van der Waals surface area (Å²) in [5.41, 5.74) is 1.28. The molecule has 1 unspecified atom stereocenters. The summed E-state index contributed by atoms with van der Waals surface area (Å²) in [7, 11) is 0. The molecule has 1 saturated heterocycles. The van der Waals surface area contributed by atoms with Gasteiger partial charge in [-0.25, -0.2) is 9.69 Å². The number of carbonyl (C=O) groups is 2. The molecule has 3 amide bonds. The van der Waals surface area contributed by atoms with E-state index in [2.05, 4.69) is 23.8 Å². The molecule has 1 atom stereocenters. The van der Waals surface area contributed by atoms with Crippen molar-refractivity contribution in [3.05, 3.63) is 52.8 Å². The number of anilines is 1. The number of hydrogen-bond donors (Lipinski definition) is 0. The van der Waals surface area contributed by atoms with E-state index in [-0.39, 0.29) is 21.3 Å². The molecule has 0 radical (unpaired) electrons. The van der Waals surface area contributed by atoms with Crippen LogP contribution in [0.3, 0.4) is 0 Å². The number of carbonyl (C=O) groups excluding carboxylic acids is 2. The molecule has 1 fully saturated rings. The van der Waals surface area contributed by atoms with Gasteiger partial charge in [0.05, 0.1) is 16.0 Å². The van der Waals surface area contributed by atoms with Crippen molar-refractivity contribution in [3.8, 4) is 5.75 Å². The Morgan fingerprint density at radius 2 is 1.82 bits per heavy atom. The van der Waals surface area contributed by atoms with Gasteiger partial charge < -0.3 is 9.64 Å². The van der Waals surface area contributed by atoms with Crippen LogP contribution in [0.2, 0.25) is 5.02 Å². The maximum absolute atomic E-state index is 13.6. The lowest BCUT2D eigenvalue weighted by Crippen LogP contribution is -2.43. The van der Waals surface area contributed by atoms with Crippen molar-refractivity contribution in [3.63, 3.8) is 0 Å². The van der Waals surface area contributed by atoms with Crippen LogP contribution in [-0.2, 0) is 15.4 Å². The molecule has 6 nitrogen and oxygen atoms in total. The lowest BCUT2D eigenvalue weighted by molar-refractivity contribution is -0.123. The van der Waals surface area contributed by atoms with Crippen LogP contribution < -0.4 is 9.64 Å². The van der Waals surface area contributed by atoms with Gasteiger partial charge in [0.15, 0.2) is 0 Å². The van der Waals surface area contributed by atoms with Crippen LogP contribution in [0.4, 0.5) is 10.5 Å². The minimum Gasteiger partial charge on any atom is -0.490 e. The highest BCUT2D eigenvalue weighted by molar-refractivity contribution is 8.18. The third kappa shape index (κ3) is 3.90. The second-order valence-electron chi connectivity index (χ2n) is 8.34. The number of halogens is 1. The highest BCUT2D eigenvalue weighted by atomic mass is 35.5. The number of aromatic nitrogens is 1. The first-order valence-electron chi connectivity index (χ1n) is 10.4. The Morgan fingerprint density at radius 1 is 1.15 bits per heavy atom. The van der Waals surface area contributed by atoms with Crippen LogP contribution in [0.1, 0.15) is 25.0 Å². The number of pyridine rings is 1. The average Bonchev–Trinajstić information content (AvgIpc) is 2.98. The summed E-state index contributed by atoms with van der Waals surface area (Å²) in [6, 6.07) is 6.88. The van der Waals surface area contributed by atoms with E-state index in [0.717, 1.165) is 11.1 Å². The zero-order chi connectivity index (χ0) is 24.0. The van der Waals surface area contributed by atoms with Crippen molar-refractivity contribution in [2.45, 2.75) is 35.3 Å². The standard InChI is InChI=1S/C23H26ClN3O3S3/c1-22(2)20(28)27(21(29)26(22)12-14-6-8-25-9-7-14)15-10-16-19(17(24)11-15)30-13-18(31-3)23(16,32-4)33-5/h6-11,18H,12-13H2,1-5H3. The molecule has 0 saturated carbocycles. The van der Waals surface area contributed by atoms with Crippen LogP contribution in [-0.4, -0.2) is 58.0 Å². The van der Waals surface area contributed by atoms with E-state index in [4.69, 9.17) is 16.3 Å². The molecule has 10 heteroatoms. The minimum absolute atomic E-state index is 0.186. The Kier molecular flexibility index (Phi) is 6.88. The van der Waals surface area contributed by atoms with Gasteiger partial charge in [-0.2, -0.15) is 11.8 Å². The van der Waals surface area contributed by atoms with E-state index in [1.807, 2.05) is 18.2 Å². The summed E-state index contributed by atoms with van der Waals surface area (Å²) in [4.78, 5) is 33.9. The topological polar surface area (TPSA) is 62.7 Å². The number of thioether (sulfide) groups is 3. The fourth-order valence-electron chi connectivity index (χ4n) is 4.34. The number of benzene rings is 1. The molecule has 4 rings (SSSR count). The van der Waals surface area contributed by atoms with Gasteiger partial charge in [-0.15, -0.1) is 23.5 Å². The molecule has 33 heavy (non-hydrogen) atoms. The van der Waals surface area contributed by atoms with Gasteiger partial charge in [-0.05, 0) is 62.4 Å². The van der Waals surface area contributed by atoms with Crippen molar-refractivity contribution in [2.24, 2.45) is 0 Å². The molecule has 176 valence electrons. The first-order valence-corrected chi connectivity index (χ1v) is 14.5. The number of rotatable bonds is 6. The van der Waals surface area contributed by atoms with Crippen molar-refractivity contribution in [1.29, 1.82) is 0 Å². The highest BCUT2D eigenvalue weighted by Crippen LogP contribution is 2.58. The summed E-state index contributed by atoms with van der Waals surface area (Å²) in [6.07, 6.45) is 9.57. The van der Waals surface area contributed by atoms with Crippen LogP contribution >= 0.6 is 46.9 Å². The summed E-state index contributed by atoms with van der Waals surface area (Å²) in [5, 5.41) is 0.589. The predicted octanol–water partition coefficient (Wildman–Crippen LogP) is 5.49. The molecular formula is C23H26ClN3O3S3. The summed E-state index contributed by atoms with van der Waals surface area (Å²) in [5.74, 6) is 0.344. The Balaban J connectivity index is 1.79. The fourth-order valence-corrected chi connectivity index (χ4v) is 8.48. The van der Waals surface area contributed by atoms with Crippen LogP contribution in [0.5, 0.6) is 5.75 Å². The lowest BCUT2D eigenvalue weighted by Gasteiger charge is -2.42. The van der Waals surface area contributed by atoms with Crippen LogP contribution in [0.15, 0.2) is 36.7 Å². The van der Waals surface area contributed by atoms with E-state index in [9.17, 15) is 9.59 Å². The second-order valence-corrected chi connectivity index (χ2v) is 12.1. The molecule has 0 aliphatic carbocycles. The quantitative estimate of drug-likeness (QED) is 0.366. The molecule has 0 bridgehead atoms. The van der Waals surface area contributed by atoms with Gasteiger partial charge in [0.2, 0.25) is 0 Å². The first-order chi connectivity index (χ1) is 15.7. The van der Waals surface area contributed by atoms with E-state index < -0.39 is 5.54 Å². The van der Waals surface area contributed by atoms with Crippen molar-refractivity contribution in [2.75, 3.05) is 30.3 Å². The molecule has 2 aromatic rings. The Hall–Kier alpha value is -1.55. The number of imide groups is 1. The van der Waals surface area contributed by atoms with Gasteiger partial charge in [-0.3, -0.25) is 9.78 Å². The Morgan fingerprint density at radius 3 is 2.42 bits per heavy atom. The highest BCUT2D eigenvalue weighted by Gasteiger charge is 2.53. The number of fused-ring (bicyclic) bond motifs is 1. The normalized spacial score (nSPS) is 21.2. The number of nitrogens with zero attached hydrogens (tertiary/aromatic N) is 3. The smallest absolute Gasteiger partial charge is 0.332 e. The zero-order valence-electron chi connectivity index (χ0n) is 19.1. The summed E-state index contributed by atoms with van der Waals surface area (Å²) < 4.78 is 5.73. The molecule has 1 aromatic carbocycles. The molecule has 0 spiro atoms. The van der Waals surface area contributed by atoms with Gasteiger partial charge in [0.1, 0.15) is 22.0 Å². The number of urea groups is 1. The summed E-state index contributed by atoms with van der Waals surface area (Å²) >= 11 is 11.9. The molecule has 0 N–H and O–H groups in total. The van der Waals surface area contributed by atoms with E-state index in [1.54, 1.807) is 72.5 Å². The van der Waals surface area contributed by atoms with Crippen LogP contribution in [0.25, 0.3) is 0 Å². The van der Waals surface area contributed by atoms with Gasteiger partial charge >= 0.3 is 6.03 Å². The number of amides is 3. The van der Waals surface area contributed by atoms with Gasteiger partial charge in [0.25, 0.3) is 5.91 Å². The molecule has 2 aliphatic rings. The lowest BCUT2D eigenvalue weighted by atomic mass is 10.0. The number of ether oxygens (including phenoxy) is 1. The fraction of sp³-hybridized carbons (Fsp3) is 0.435. The maximum atomic E-state index is 13.6. The first kappa shape index (κ1) is 24.6. The SMILES string of the molecule is CSC1COc2c(Cl)cc(N3C(=O)N(Cc4ccncc4)C(C)(C)C3=O)cc2C1(SC)SC. The van der Waals surface area contributed by atoms with Gasteiger partial charge in [0, 0.05) is 24.5 Å². The predicted molar refractivity (Wildman–Crippen MR) is 140 cm³/mol. The monoisotopic (exact) mass is 523 g/mol. The molecule has 2 aliphatic heterocycles. The van der Waals surface area contributed by atoms with Crippen molar-refractivity contribution >= 4 is 64.5 Å². The molecule has 1 aromatic heterocycles. The van der Waals surface area contributed by atoms with E-state index in [0.29, 0.717) is 29.6 Å². The third-order valence-corrected chi connectivity index (χ3v) is 11.1. The molecule has 3 heterocycles. The van der Waals surface area contributed by atoms with Crippen molar-refractivity contribution < 1.29 is 14.3 Å². The van der Waals surface area contributed by atoms with Gasteiger partial charge in [-0.1, -0.05) is 11.6 Å². The third-order valence-electron chi connectivity index (χ3n) is 6.27. The largest absolute Gasteiger partial charge is 0.490 e. The molecular weight excluding hydrogens is 498 g/mol. The second kappa shape index (κ2) is 9.24.